The second-order valence-electron chi connectivity index (χ2n) is 4.27. The Balaban J connectivity index is 2.44. The third kappa shape index (κ3) is 1.50. The number of fused-ring (bicyclic) bond motifs is 1. The number of hydrogen-bond donors (Lipinski definition) is 2. The third-order valence-corrected chi connectivity index (χ3v) is 3.04. The third-order valence-electron chi connectivity index (χ3n) is 3.04. The number of ether oxygens (including phenoxy) is 1. The van der Waals surface area contributed by atoms with Gasteiger partial charge in [0, 0.05) is 5.92 Å². The Morgan fingerprint density at radius 2 is 2.20 bits per heavy atom. The second-order valence-corrected chi connectivity index (χ2v) is 4.27. The molecule has 0 spiro atoms. The van der Waals surface area contributed by atoms with Crippen LogP contribution in [0.2, 0.25) is 0 Å². The van der Waals surface area contributed by atoms with E-state index >= 15 is 0 Å². The van der Waals surface area contributed by atoms with Crippen molar-refractivity contribution in [2.45, 2.75) is 25.6 Å². The summed E-state index contributed by atoms with van der Waals surface area (Å²) in [5.74, 6) is -0.0485. The van der Waals surface area contributed by atoms with Gasteiger partial charge < -0.3 is 14.9 Å². The fourth-order valence-corrected chi connectivity index (χ4v) is 1.96. The molecule has 0 saturated carbocycles. The predicted octanol–water partition coefficient (Wildman–Crippen LogP) is 0.158. The van der Waals surface area contributed by atoms with Gasteiger partial charge in [-0.05, 0) is 31.6 Å². The summed E-state index contributed by atoms with van der Waals surface area (Å²) in [7, 11) is 0. The van der Waals surface area contributed by atoms with Crippen LogP contribution in [0.15, 0.2) is 23.5 Å². The molecule has 0 fully saturated rings. The highest BCUT2D eigenvalue weighted by Crippen LogP contribution is 2.34. The van der Waals surface area contributed by atoms with E-state index in [0.29, 0.717) is 6.61 Å². The molecule has 4 nitrogen and oxygen atoms in total. The van der Waals surface area contributed by atoms with Crippen LogP contribution in [0, 0.1) is 5.92 Å². The maximum atomic E-state index is 11.5. The van der Waals surface area contributed by atoms with E-state index in [1.165, 1.54) is 13.0 Å². The van der Waals surface area contributed by atoms with Gasteiger partial charge in [0.25, 0.3) is 0 Å². The highest BCUT2D eigenvalue weighted by molar-refractivity contribution is 5.99. The quantitative estimate of drug-likeness (QED) is 0.597. The Bertz CT molecular complexity index is 365. The van der Waals surface area contributed by atoms with Crippen LogP contribution in [0.5, 0.6) is 0 Å². The van der Waals surface area contributed by atoms with Crippen molar-refractivity contribution in [3.05, 3.63) is 23.5 Å². The zero-order valence-corrected chi connectivity index (χ0v) is 8.73. The largest absolute Gasteiger partial charge is 0.497 e. The van der Waals surface area contributed by atoms with Crippen molar-refractivity contribution in [1.29, 1.82) is 0 Å². The summed E-state index contributed by atoms with van der Waals surface area (Å²) < 4.78 is 5.28. The molecule has 3 atom stereocenters. The van der Waals surface area contributed by atoms with Crippen molar-refractivity contribution >= 4 is 5.78 Å². The number of allylic oxidation sites excluding steroid dienone is 2. The van der Waals surface area contributed by atoms with Crippen LogP contribution in [0.4, 0.5) is 0 Å². The molecule has 0 aromatic carbocycles. The lowest BCUT2D eigenvalue weighted by atomic mass is 9.75. The molecule has 2 rings (SSSR count). The fourth-order valence-electron chi connectivity index (χ4n) is 1.96. The molecular formula is C11H14O4. The smallest absolute Gasteiger partial charge is 0.189 e. The van der Waals surface area contributed by atoms with Gasteiger partial charge in [-0.15, -0.1) is 0 Å². The molecule has 0 aromatic heterocycles. The monoisotopic (exact) mass is 210 g/mol. The van der Waals surface area contributed by atoms with E-state index in [1.807, 2.05) is 0 Å². The highest BCUT2D eigenvalue weighted by atomic mass is 16.5. The minimum atomic E-state index is -1.70. The lowest BCUT2D eigenvalue weighted by Crippen LogP contribution is -2.54. The minimum absolute atomic E-state index is 0.304. The van der Waals surface area contributed by atoms with Gasteiger partial charge in [-0.2, -0.15) is 0 Å². The number of aliphatic hydroxyl groups is 2. The normalized spacial score (nSPS) is 40.1. The van der Waals surface area contributed by atoms with E-state index in [0.717, 1.165) is 11.3 Å². The summed E-state index contributed by atoms with van der Waals surface area (Å²) in [6.07, 6.45) is 2.02. The number of ketones is 1. The number of hydrogen-bond acceptors (Lipinski definition) is 4. The van der Waals surface area contributed by atoms with Crippen molar-refractivity contribution in [1.82, 2.24) is 0 Å². The maximum Gasteiger partial charge on any atom is 0.189 e. The van der Waals surface area contributed by atoms with Crippen molar-refractivity contribution < 1.29 is 19.7 Å². The van der Waals surface area contributed by atoms with E-state index in [-0.39, 0.29) is 5.92 Å². The van der Waals surface area contributed by atoms with Gasteiger partial charge in [-0.1, -0.05) is 0 Å². The molecule has 1 heterocycles. The van der Waals surface area contributed by atoms with Gasteiger partial charge in [0.1, 0.15) is 0 Å². The van der Waals surface area contributed by atoms with Crippen LogP contribution in [-0.2, 0) is 9.53 Å². The van der Waals surface area contributed by atoms with E-state index in [2.05, 4.69) is 0 Å². The predicted molar refractivity (Wildman–Crippen MR) is 52.9 cm³/mol. The summed E-state index contributed by atoms with van der Waals surface area (Å²) in [5.41, 5.74) is -0.959. The Labute approximate surface area is 87.9 Å². The van der Waals surface area contributed by atoms with Crippen molar-refractivity contribution in [3.8, 4) is 0 Å². The Hall–Kier alpha value is -1.13. The molecule has 0 aromatic rings. The molecule has 0 unspecified atom stereocenters. The number of carbonyl (C=O) groups excluding carboxylic acids is 1. The number of aliphatic hydroxyl groups excluding tert-OH is 1. The van der Waals surface area contributed by atoms with Crippen LogP contribution < -0.4 is 0 Å². The highest BCUT2D eigenvalue weighted by Gasteiger charge is 2.47. The van der Waals surface area contributed by atoms with Gasteiger partial charge in [-0.3, -0.25) is 4.79 Å². The first-order valence-electron chi connectivity index (χ1n) is 4.90. The molecule has 0 amide bonds. The molecule has 0 saturated heterocycles. The molecule has 2 aliphatic rings. The number of carbonyl (C=O) groups is 1. The topological polar surface area (TPSA) is 66.8 Å². The van der Waals surface area contributed by atoms with Crippen molar-refractivity contribution in [2.75, 3.05) is 6.61 Å². The van der Waals surface area contributed by atoms with E-state index in [9.17, 15) is 15.0 Å². The fraction of sp³-hybridized carbons (Fsp3) is 0.545. The van der Waals surface area contributed by atoms with Gasteiger partial charge in [0.05, 0.1) is 18.5 Å². The molecule has 82 valence electrons. The van der Waals surface area contributed by atoms with E-state index in [4.69, 9.17) is 4.74 Å². The zero-order valence-electron chi connectivity index (χ0n) is 8.73. The molecule has 4 heteroatoms. The van der Waals surface area contributed by atoms with Crippen LogP contribution in [-0.4, -0.2) is 34.3 Å². The minimum Gasteiger partial charge on any atom is -0.497 e. The molecule has 0 bridgehead atoms. The van der Waals surface area contributed by atoms with Crippen LogP contribution in [0.3, 0.4) is 0 Å². The summed E-state index contributed by atoms with van der Waals surface area (Å²) in [5, 5.41) is 19.7. The zero-order chi connectivity index (χ0) is 11.2. The molecule has 1 aliphatic heterocycles. The molecule has 0 radical (unpaired) electrons. The SMILES string of the molecule is CC1=CC2=CC(=O)[C@@](C)(O)[C@@H](O)[C@H]2CO1. The standard InChI is InChI=1S/C11H14O4/c1-6-3-7-4-9(12)11(2,14)10(13)8(7)5-15-6/h3-4,8,10,13-14H,5H2,1-2H3/t8-,10-,11+/m0/s1. The average Bonchev–Trinajstić information content (AvgIpc) is 2.15. The Morgan fingerprint density at radius 1 is 1.53 bits per heavy atom. The summed E-state index contributed by atoms with van der Waals surface area (Å²) in [6, 6.07) is 0. The Morgan fingerprint density at radius 3 is 2.87 bits per heavy atom. The first kappa shape index (κ1) is 10.4. The average molecular weight is 210 g/mol. The summed E-state index contributed by atoms with van der Waals surface area (Å²) >= 11 is 0. The van der Waals surface area contributed by atoms with Gasteiger partial charge in [0.15, 0.2) is 11.4 Å². The first-order valence-corrected chi connectivity index (χ1v) is 4.90. The lowest BCUT2D eigenvalue weighted by molar-refractivity contribution is -0.150. The van der Waals surface area contributed by atoms with Gasteiger partial charge >= 0.3 is 0 Å². The van der Waals surface area contributed by atoms with E-state index < -0.39 is 17.5 Å². The summed E-state index contributed by atoms with van der Waals surface area (Å²) in [4.78, 5) is 11.5. The van der Waals surface area contributed by atoms with Crippen LogP contribution in [0.1, 0.15) is 13.8 Å². The van der Waals surface area contributed by atoms with Crippen LogP contribution >= 0.6 is 0 Å². The van der Waals surface area contributed by atoms with E-state index in [1.54, 1.807) is 13.0 Å². The van der Waals surface area contributed by atoms with Gasteiger partial charge in [0.2, 0.25) is 0 Å². The van der Waals surface area contributed by atoms with Crippen molar-refractivity contribution in [2.24, 2.45) is 5.92 Å². The second kappa shape index (κ2) is 3.18. The number of rotatable bonds is 0. The molecular weight excluding hydrogens is 196 g/mol. The molecule has 2 N–H and O–H groups in total. The lowest BCUT2D eigenvalue weighted by Gasteiger charge is -2.39. The first-order chi connectivity index (χ1) is 6.93. The van der Waals surface area contributed by atoms with Gasteiger partial charge in [-0.25, -0.2) is 0 Å². The molecule has 15 heavy (non-hydrogen) atoms. The molecule has 1 aliphatic carbocycles. The van der Waals surface area contributed by atoms with Crippen molar-refractivity contribution in [3.63, 3.8) is 0 Å². The summed E-state index contributed by atoms with van der Waals surface area (Å²) in [6.45, 7) is 3.43. The Kier molecular flexibility index (Phi) is 2.20. The maximum absolute atomic E-state index is 11.5. The van der Waals surface area contributed by atoms with Crippen LogP contribution in [0.25, 0.3) is 0 Å².